The van der Waals surface area contributed by atoms with Crippen LogP contribution in [-0.2, 0) is 9.59 Å². The van der Waals surface area contributed by atoms with E-state index in [1.54, 1.807) is 11.0 Å². The number of piperazine rings is 1. The average Bonchev–Trinajstić information content (AvgIpc) is 3.11. The lowest BCUT2D eigenvalue weighted by Crippen LogP contribution is -2.98. The first kappa shape index (κ1) is 15.9. The van der Waals surface area contributed by atoms with Crippen molar-refractivity contribution in [3.63, 3.8) is 0 Å². The average molecular weight is 337 g/mol. The molecule has 3 amide bonds. The number of hydrogen-bond acceptors (Lipinski definition) is 4. The second-order valence-electron chi connectivity index (χ2n) is 5.85. The van der Waals surface area contributed by atoms with Gasteiger partial charge in [0.1, 0.15) is 6.04 Å². The van der Waals surface area contributed by atoms with Gasteiger partial charge in [0.2, 0.25) is 5.91 Å². The fraction of sp³-hybridized carbons (Fsp3) is 0.533. The van der Waals surface area contributed by atoms with Crippen LogP contribution in [0.2, 0.25) is 0 Å². The Labute approximate surface area is 138 Å². The summed E-state index contributed by atoms with van der Waals surface area (Å²) in [6, 6.07) is 2.84. The number of thiophene rings is 1. The van der Waals surface area contributed by atoms with E-state index in [9.17, 15) is 14.4 Å². The number of rotatable bonds is 3. The van der Waals surface area contributed by atoms with Gasteiger partial charge < -0.3 is 20.9 Å². The molecule has 0 saturated carbocycles. The summed E-state index contributed by atoms with van der Waals surface area (Å²) in [5, 5.41) is 9.38. The van der Waals surface area contributed by atoms with Gasteiger partial charge in [-0.1, -0.05) is 6.07 Å². The highest BCUT2D eigenvalue weighted by Crippen LogP contribution is 2.12. The zero-order valence-electron chi connectivity index (χ0n) is 12.8. The van der Waals surface area contributed by atoms with Crippen LogP contribution < -0.4 is 16.0 Å². The Bertz CT molecular complexity index is 590. The molecule has 2 atom stereocenters. The van der Waals surface area contributed by atoms with E-state index in [0.29, 0.717) is 37.5 Å². The predicted molar refractivity (Wildman–Crippen MR) is 85.0 cm³/mol. The summed E-state index contributed by atoms with van der Waals surface area (Å²) in [6.45, 7) is 2.36. The zero-order chi connectivity index (χ0) is 16.2. The summed E-state index contributed by atoms with van der Waals surface area (Å²) >= 11 is 1.41. The topological polar surface area (TPSA) is 95.1 Å². The van der Waals surface area contributed by atoms with Crippen molar-refractivity contribution in [2.45, 2.75) is 24.9 Å². The maximum Gasteiger partial charge on any atom is 0.280 e. The van der Waals surface area contributed by atoms with E-state index in [0.717, 1.165) is 6.42 Å². The molecule has 2 aliphatic rings. The van der Waals surface area contributed by atoms with Crippen LogP contribution in [0.3, 0.4) is 0 Å². The number of quaternary nitrogens is 1. The minimum absolute atomic E-state index is 0.0266. The number of carbonyl (C=O) groups excluding carboxylic acids is 3. The Hall–Kier alpha value is -1.93. The van der Waals surface area contributed by atoms with Crippen LogP contribution in [0.15, 0.2) is 17.5 Å². The van der Waals surface area contributed by atoms with Crippen molar-refractivity contribution in [1.29, 1.82) is 0 Å². The van der Waals surface area contributed by atoms with E-state index in [1.807, 2.05) is 16.8 Å². The molecule has 4 N–H and O–H groups in total. The van der Waals surface area contributed by atoms with E-state index in [4.69, 9.17) is 0 Å². The van der Waals surface area contributed by atoms with Crippen molar-refractivity contribution >= 4 is 29.1 Å². The van der Waals surface area contributed by atoms with E-state index in [-0.39, 0.29) is 23.8 Å². The first-order valence-electron chi connectivity index (χ1n) is 7.89. The third kappa shape index (κ3) is 3.70. The van der Waals surface area contributed by atoms with Crippen molar-refractivity contribution in [3.05, 3.63) is 22.4 Å². The number of piperidine rings is 1. The standard InChI is InChI=1S/C15H20N4O3S/c20-13-10(3-1-5-17-13)18-14(21)11-9-19(7-6-16-11)15(22)12-4-2-8-23-12/h2,4,8,10-11,16H,1,3,5-7,9H2,(H,17,20)(H,18,21)/p+1/t10-,11+/m0/s1. The van der Waals surface area contributed by atoms with Crippen molar-refractivity contribution in [2.75, 3.05) is 26.2 Å². The van der Waals surface area contributed by atoms with Crippen molar-refractivity contribution in [1.82, 2.24) is 15.5 Å². The van der Waals surface area contributed by atoms with Gasteiger partial charge in [0.15, 0.2) is 6.04 Å². The van der Waals surface area contributed by atoms with Crippen LogP contribution in [0.1, 0.15) is 22.5 Å². The minimum Gasteiger partial charge on any atom is -0.354 e. The smallest absolute Gasteiger partial charge is 0.280 e. The molecular weight excluding hydrogens is 316 g/mol. The SMILES string of the molecule is O=C1NCCC[C@@H]1NC(=O)[C@H]1CN(C(=O)c2cccs2)CC[NH2+]1. The molecule has 3 heterocycles. The highest BCUT2D eigenvalue weighted by atomic mass is 32.1. The highest BCUT2D eigenvalue weighted by molar-refractivity contribution is 7.12. The summed E-state index contributed by atoms with van der Waals surface area (Å²) in [4.78, 5) is 39.0. The Balaban J connectivity index is 1.58. The van der Waals surface area contributed by atoms with Gasteiger partial charge in [0.05, 0.1) is 24.5 Å². The van der Waals surface area contributed by atoms with Crippen molar-refractivity contribution in [3.8, 4) is 0 Å². The van der Waals surface area contributed by atoms with Gasteiger partial charge in [-0.25, -0.2) is 0 Å². The predicted octanol–water partition coefficient (Wildman–Crippen LogP) is -1.47. The fourth-order valence-electron chi connectivity index (χ4n) is 2.95. The number of nitrogens with one attached hydrogen (secondary N) is 2. The molecule has 0 radical (unpaired) electrons. The molecule has 1 aromatic heterocycles. The van der Waals surface area contributed by atoms with Crippen LogP contribution >= 0.6 is 11.3 Å². The molecule has 2 aliphatic heterocycles. The van der Waals surface area contributed by atoms with Gasteiger partial charge in [0, 0.05) is 6.54 Å². The molecular formula is C15H21N4O3S+. The number of amides is 3. The molecule has 1 aromatic rings. The van der Waals surface area contributed by atoms with Crippen LogP contribution in [0.25, 0.3) is 0 Å². The van der Waals surface area contributed by atoms with Crippen LogP contribution in [0, 0.1) is 0 Å². The lowest BCUT2D eigenvalue weighted by atomic mass is 10.1. The molecule has 0 spiro atoms. The molecule has 8 heteroatoms. The summed E-state index contributed by atoms with van der Waals surface area (Å²) in [6.07, 6.45) is 1.54. The summed E-state index contributed by atoms with van der Waals surface area (Å²) in [5.41, 5.74) is 0. The second-order valence-corrected chi connectivity index (χ2v) is 6.80. The Morgan fingerprint density at radius 1 is 1.43 bits per heavy atom. The third-order valence-electron chi connectivity index (χ3n) is 4.23. The molecule has 0 aliphatic carbocycles. The van der Waals surface area contributed by atoms with Crippen LogP contribution in [0.5, 0.6) is 0 Å². The normalized spacial score (nSPS) is 24.9. The third-order valence-corrected chi connectivity index (χ3v) is 5.08. The lowest BCUT2D eigenvalue weighted by Gasteiger charge is -2.31. The molecule has 0 unspecified atom stereocenters. The van der Waals surface area contributed by atoms with Gasteiger partial charge in [-0.15, -0.1) is 11.3 Å². The van der Waals surface area contributed by atoms with E-state index >= 15 is 0 Å². The van der Waals surface area contributed by atoms with Gasteiger partial charge in [-0.05, 0) is 24.3 Å². The molecule has 7 nitrogen and oxygen atoms in total. The van der Waals surface area contributed by atoms with E-state index < -0.39 is 6.04 Å². The Morgan fingerprint density at radius 3 is 3.04 bits per heavy atom. The summed E-state index contributed by atoms with van der Waals surface area (Å²) in [5.74, 6) is -0.316. The molecule has 2 saturated heterocycles. The fourth-order valence-corrected chi connectivity index (χ4v) is 3.64. The second kappa shape index (κ2) is 7.10. The van der Waals surface area contributed by atoms with Crippen molar-refractivity contribution in [2.24, 2.45) is 0 Å². The van der Waals surface area contributed by atoms with E-state index in [2.05, 4.69) is 10.6 Å². The lowest BCUT2D eigenvalue weighted by molar-refractivity contribution is -0.684. The number of carbonyl (C=O) groups is 3. The summed E-state index contributed by atoms with van der Waals surface area (Å²) < 4.78 is 0. The first-order valence-corrected chi connectivity index (χ1v) is 8.77. The van der Waals surface area contributed by atoms with Gasteiger partial charge >= 0.3 is 0 Å². The zero-order valence-corrected chi connectivity index (χ0v) is 13.6. The largest absolute Gasteiger partial charge is 0.354 e. The van der Waals surface area contributed by atoms with Crippen LogP contribution in [0.4, 0.5) is 0 Å². The summed E-state index contributed by atoms with van der Waals surface area (Å²) in [7, 11) is 0. The maximum atomic E-state index is 12.4. The van der Waals surface area contributed by atoms with Crippen LogP contribution in [-0.4, -0.2) is 60.9 Å². The molecule has 3 rings (SSSR count). The Kier molecular flexibility index (Phi) is 4.92. The van der Waals surface area contributed by atoms with E-state index in [1.165, 1.54) is 11.3 Å². The monoisotopic (exact) mass is 337 g/mol. The highest BCUT2D eigenvalue weighted by Gasteiger charge is 2.34. The molecule has 2 fully saturated rings. The first-order chi connectivity index (χ1) is 11.1. The number of nitrogens with zero attached hydrogens (tertiary/aromatic N) is 1. The van der Waals surface area contributed by atoms with Gasteiger partial charge in [0.25, 0.3) is 11.8 Å². The molecule has 0 aromatic carbocycles. The number of hydrogen-bond donors (Lipinski definition) is 3. The van der Waals surface area contributed by atoms with Gasteiger partial charge in [-0.2, -0.15) is 0 Å². The molecule has 0 bridgehead atoms. The molecule has 124 valence electrons. The Morgan fingerprint density at radius 2 is 2.30 bits per heavy atom. The molecule has 23 heavy (non-hydrogen) atoms. The minimum atomic E-state index is -0.451. The maximum absolute atomic E-state index is 12.4. The quantitative estimate of drug-likeness (QED) is 0.628. The number of nitrogens with two attached hydrogens (primary N) is 1. The van der Waals surface area contributed by atoms with Crippen molar-refractivity contribution < 1.29 is 19.7 Å². The van der Waals surface area contributed by atoms with Gasteiger partial charge in [-0.3, -0.25) is 14.4 Å².